The molecule has 3 heteroatoms. The van der Waals surface area contributed by atoms with Gasteiger partial charge < -0.3 is 0 Å². The number of hydrogen-bond donors (Lipinski definition) is 0. The number of halogens is 3. The molecule has 0 amide bonds. The van der Waals surface area contributed by atoms with Crippen LogP contribution in [0.1, 0.15) is 33.6 Å². The molecule has 0 aliphatic heterocycles. The Morgan fingerprint density at radius 2 is 1.55 bits per heavy atom. The molecule has 0 radical (unpaired) electrons. The molecule has 0 bridgehead atoms. The first kappa shape index (κ1) is 10.5. The minimum Gasteiger partial charge on any atom is -0.166 e. The summed E-state index contributed by atoms with van der Waals surface area (Å²) in [7, 11) is 0. The van der Waals surface area contributed by atoms with E-state index < -0.39 is 6.18 Å². The summed E-state index contributed by atoms with van der Waals surface area (Å²) in [6.45, 7) is 4.80. The Kier molecular flexibility index (Phi) is 3.63. The second-order valence-corrected chi connectivity index (χ2v) is 2.46. The van der Waals surface area contributed by atoms with Gasteiger partial charge in [0.15, 0.2) is 0 Å². The molecule has 0 saturated heterocycles. The van der Waals surface area contributed by atoms with Crippen LogP contribution in [0.2, 0.25) is 0 Å². The molecule has 11 heavy (non-hydrogen) atoms. The monoisotopic (exact) mass is 166 g/mol. The highest BCUT2D eigenvalue weighted by molar-refractivity contribution is 5.16. The van der Waals surface area contributed by atoms with Gasteiger partial charge in [0.2, 0.25) is 0 Å². The van der Waals surface area contributed by atoms with E-state index in [0.717, 1.165) is 0 Å². The average Bonchev–Trinajstić information content (AvgIpc) is 1.86. The molecule has 0 aliphatic carbocycles. The molecule has 0 N–H and O–H groups in total. The van der Waals surface area contributed by atoms with E-state index in [9.17, 15) is 13.2 Å². The van der Waals surface area contributed by atoms with Crippen molar-refractivity contribution in [3.8, 4) is 0 Å². The minimum atomic E-state index is -4.13. The van der Waals surface area contributed by atoms with Gasteiger partial charge in [0.05, 0.1) is 0 Å². The van der Waals surface area contributed by atoms with Crippen LogP contribution in [0.4, 0.5) is 13.2 Å². The Labute approximate surface area is 65.1 Å². The highest BCUT2D eigenvalue weighted by Gasteiger charge is 2.32. The van der Waals surface area contributed by atoms with Gasteiger partial charge in [-0.15, -0.1) is 0 Å². The van der Waals surface area contributed by atoms with Gasteiger partial charge in [0, 0.05) is 5.57 Å². The molecule has 0 atom stereocenters. The molecule has 0 aromatic carbocycles. The summed E-state index contributed by atoms with van der Waals surface area (Å²) in [5, 5.41) is 0. The predicted molar refractivity (Wildman–Crippen MR) is 39.3 cm³/mol. The molecule has 0 unspecified atom stereocenters. The summed E-state index contributed by atoms with van der Waals surface area (Å²) in [6, 6.07) is 0. The zero-order chi connectivity index (χ0) is 9.07. The Morgan fingerprint density at radius 3 is 1.64 bits per heavy atom. The minimum absolute atomic E-state index is 0.0726. The van der Waals surface area contributed by atoms with E-state index in [4.69, 9.17) is 0 Å². The second kappa shape index (κ2) is 3.79. The third-order valence-corrected chi connectivity index (χ3v) is 1.74. The van der Waals surface area contributed by atoms with Crippen molar-refractivity contribution in [2.45, 2.75) is 39.8 Å². The number of alkyl halides is 3. The van der Waals surface area contributed by atoms with Crippen molar-refractivity contribution in [3.05, 3.63) is 11.1 Å². The summed E-state index contributed by atoms with van der Waals surface area (Å²) in [4.78, 5) is 0. The zero-order valence-electron chi connectivity index (χ0n) is 7.05. The van der Waals surface area contributed by atoms with Gasteiger partial charge in [0.1, 0.15) is 0 Å². The van der Waals surface area contributed by atoms with Crippen LogP contribution in [0.15, 0.2) is 11.1 Å². The highest BCUT2D eigenvalue weighted by atomic mass is 19.4. The smallest absolute Gasteiger partial charge is 0.166 e. The molecule has 0 aromatic rings. The highest BCUT2D eigenvalue weighted by Crippen LogP contribution is 2.31. The van der Waals surface area contributed by atoms with Crippen LogP contribution >= 0.6 is 0 Å². The zero-order valence-corrected chi connectivity index (χ0v) is 7.05. The van der Waals surface area contributed by atoms with Crippen molar-refractivity contribution in [1.29, 1.82) is 0 Å². The van der Waals surface area contributed by atoms with Gasteiger partial charge in [-0.2, -0.15) is 13.2 Å². The van der Waals surface area contributed by atoms with E-state index >= 15 is 0 Å². The molecule has 0 fully saturated rings. The summed E-state index contributed by atoms with van der Waals surface area (Å²) < 4.78 is 36.3. The fraction of sp³-hybridized carbons (Fsp3) is 0.750. The van der Waals surface area contributed by atoms with Crippen LogP contribution in [-0.4, -0.2) is 6.18 Å². The number of hydrogen-bond acceptors (Lipinski definition) is 0. The lowest BCUT2D eigenvalue weighted by atomic mass is 10.1. The topological polar surface area (TPSA) is 0 Å². The van der Waals surface area contributed by atoms with Crippen molar-refractivity contribution < 1.29 is 13.2 Å². The first-order chi connectivity index (χ1) is 4.93. The molecular formula is C8H13F3. The van der Waals surface area contributed by atoms with E-state index in [1.807, 2.05) is 0 Å². The predicted octanol–water partition coefficient (Wildman–Crippen LogP) is 3.69. The van der Waals surface area contributed by atoms with E-state index in [2.05, 4.69) is 0 Å². The summed E-state index contributed by atoms with van der Waals surface area (Å²) in [6.07, 6.45) is -3.58. The van der Waals surface area contributed by atoms with E-state index in [0.29, 0.717) is 12.0 Å². The van der Waals surface area contributed by atoms with Crippen LogP contribution in [0, 0.1) is 0 Å². The molecule has 0 nitrogen and oxygen atoms in total. The Balaban J connectivity index is 4.66. The lowest BCUT2D eigenvalue weighted by Crippen LogP contribution is -2.12. The fourth-order valence-corrected chi connectivity index (χ4v) is 0.958. The van der Waals surface area contributed by atoms with Crippen molar-refractivity contribution in [1.82, 2.24) is 0 Å². The standard InChI is InChI=1S/C8H13F3/c1-4-6(3)7(5-2)8(9,10)11/h4-5H2,1-3H3/b7-6+. The maximum absolute atomic E-state index is 12.1. The molecule has 0 aliphatic rings. The average molecular weight is 166 g/mol. The molecular weight excluding hydrogens is 153 g/mol. The van der Waals surface area contributed by atoms with Gasteiger partial charge in [-0.1, -0.05) is 19.4 Å². The van der Waals surface area contributed by atoms with Gasteiger partial charge in [-0.05, 0) is 19.8 Å². The summed E-state index contributed by atoms with van der Waals surface area (Å²) in [5.41, 5.74) is 0.0694. The molecule has 0 spiro atoms. The second-order valence-electron chi connectivity index (χ2n) is 2.46. The largest absolute Gasteiger partial charge is 0.412 e. The maximum atomic E-state index is 12.1. The molecule has 0 heterocycles. The van der Waals surface area contributed by atoms with E-state index in [1.165, 1.54) is 13.8 Å². The first-order valence-electron chi connectivity index (χ1n) is 3.69. The molecule has 0 rings (SSSR count). The van der Waals surface area contributed by atoms with E-state index in [-0.39, 0.29) is 12.0 Å². The Morgan fingerprint density at radius 1 is 1.09 bits per heavy atom. The summed E-state index contributed by atoms with van der Waals surface area (Å²) >= 11 is 0. The molecule has 66 valence electrons. The quantitative estimate of drug-likeness (QED) is 0.549. The van der Waals surface area contributed by atoms with Crippen LogP contribution in [0.25, 0.3) is 0 Å². The normalized spacial score (nSPS) is 14.7. The lowest BCUT2D eigenvalue weighted by molar-refractivity contribution is -0.0945. The SMILES string of the molecule is CC/C(C)=C(\CC)C(F)(F)F. The van der Waals surface area contributed by atoms with Crippen LogP contribution < -0.4 is 0 Å². The van der Waals surface area contributed by atoms with Crippen molar-refractivity contribution in [2.75, 3.05) is 0 Å². The third-order valence-electron chi connectivity index (χ3n) is 1.74. The van der Waals surface area contributed by atoms with Gasteiger partial charge in [-0.25, -0.2) is 0 Å². The van der Waals surface area contributed by atoms with E-state index in [1.54, 1.807) is 6.92 Å². The van der Waals surface area contributed by atoms with Crippen LogP contribution in [-0.2, 0) is 0 Å². The Hall–Kier alpha value is -0.470. The molecule has 0 saturated carbocycles. The number of rotatable bonds is 2. The number of allylic oxidation sites excluding steroid dienone is 2. The Bertz CT molecular complexity index is 153. The maximum Gasteiger partial charge on any atom is 0.412 e. The third kappa shape index (κ3) is 2.95. The van der Waals surface area contributed by atoms with Gasteiger partial charge in [0.25, 0.3) is 0 Å². The van der Waals surface area contributed by atoms with Crippen molar-refractivity contribution in [2.24, 2.45) is 0 Å². The van der Waals surface area contributed by atoms with Crippen molar-refractivity contribution in [3.63, 3.8) is 0 Å². The van der Waals surface area contributed by atoms with Gasteiger partial charge >= 0.3 is 6.18 Å². The first-order valence-corrected chi connectivity index (χ1v) is 3.69. The lowest BCUT2D eigenvalue weighted by Gasteiger charge is -2.12. The van der Waals surface area contributed by atoms with Crippen LogP contribution in [0.3, 0.4) is 0 Å². The van der Waals surface area contributed by atoms with Crippen molar-refractivity contribution >= 4 is 0 Å². The van der Waals surface area contributed by atoms with Crippen LogP contribution in [0.5, 0.6) is 0 Å². The fourth-order valence-electron chi connectivity index (χ4n) is 0.958. The summed E-state index contributed by atoms with van der Waals surface area (Å²) in [5.74, 6) is 0. The van der Waals surface area contributed by atoms with Gasteiger partial charge in [-0.3, -0.25) is 0 Å². The molecule has 0 aromatic heterocycles.